The molecule has 1 heterocycles. The Morgan fingerprint density at radius 3 is 2.29 bits per heavy atom. The Bertz CT molecular complexity index is 1140. The molecule has 1 aliphatic rings. The Morgan fingerprint density at radius 1 is 1.03 bits per heavy atom. The van der Waals surface area contributed by atoms with Crippen molar-refractivity contribution in [2.24, 2.45) is 0 Å². The van der Waals surface area contributed by atoms with E-state index in [9.17, 15) is 14.9 Å². The molecule has 3 aromatic rings. The highest BCUT2D eigenvalue weighted by Crippen LogP contribution is 2.28. The summed E-state index contributed by atoms with van der Waals surface area (Å²) in [5.74, 6) is 0.672. The van der Waals surface area contributed by atoms with E-state index >= 15 is 0 Å². The third-order valence-corrected chi connectivity index (χ3v) is 6.37. The molecule has 7 heteroatoms. The molecule has 1 fully saturated rings. The molecule has 176 valence electrons. The predicted octanol–water partition coefficient (Wildman–Crippen LogP) is 5.22. The van der Waals surface area contributed by atoms with E-state index in [4.69, 9.17) is 4.74 Å². The van der Waals surface area contributed by atoms with Gasteiger partial charge in [0.1, 0.15) is 5.75 Å². The van der Waals surface area contributed by atoms with Gasteiger partial charge in [0.05, 0.1) is 12.0 Å². The topological polar surface area (TPSA) is 75.9 Å². The van der Waals surface area contributed by atoms with Crippen LogP contribution < -0.4 is 9.64 Å². The molecule has 1 amide bonds. The summed E-state index contributed by atoms with van der Waals surface area (Å²) < 4.78 is 5.23. The van der Waals surface area contributed by atoms with Gasteiger partial charge in [0.25, 0.3) is 11.6 Å². The third-order valence-electron chi connectivity index (χ3n) is 6.37. The third kappa shape index (κ3) is 5.26. The van der Waals surface area contributed by atoms with Gasteiger partial charge in [-0.05, 0) is 56.2 Å². The molecule has 0 aliphatic carbocycles. The smallest absolute Gasteiger partial charge is 0.273 e. The molecule has 1 aliphatic heterocycles. The van der Waals surface area contributed by atoms with E-state index in [1.165, 1.54) is 0 Å². The number of hydrogen-bond acceptors (Lipinski definition) is 5. The highest BCUT2D eigenvalue weighted by molar-refractivity contribution is 6.06. The molecule has 34 heavy (non-hydrogen) atoms. The minimum Gasteiger partial charge on any atom is -0.497 e. The summed E-state index contributed by atoms with van der Waals surface area (Å²) in [6.07, 6.45) is 1.58. The number of amides is 1. The molecule has 4 rings (SSSR count). The van der Waals surface area contributed by atoms with Crippen LogP contribution in [0.2, 0.25) is 0 Å². The molecular weight excluding hydrogens is 430 g/mol. The van der Waals surface area contributed by atoms with E-state index in [0.717, 1.165) is 42.7 Å². The molecule has 7 nitrogen and oxygen atoms in total. The first kappa shape index (κ1) is 23.4. The lowest BCUT2D eigenvalue weighted by molar-refractivity contribution is -0.385. The van der Waals surface area contributed by atoms with Crippen LogP contribution in [-0.2, 0) is 6.54 Å². The van der Waals surface area contributed by atoms with Crippen LogP contribution >= 0.6 is 0 Å². The number of nitro groups is 1. The maximum Gasteiger partial charge on any atom is 0.273 e. The van der Waals surface area contributed by atoms with Crippen molar-refractivity contribution >= 4 is 17.3 Å². The summed E-state index contributed by atoms with van der Waals surface area (Å²) in [4.78, 5) is 28.8. The molecule has 3 aromatic carbocycles. The summed E-state index contributed by atoms with van der Waals surface area (Å²) >= 11 is 0. The number of hydrogen-bond donors (Lipinski definition) is 0. The normalized spacial score (nSPS) is 14.5. The van der Waals surface area contributed by atoms with Gasteiger partial charge in [0, 0.05) is 48.6 Å². The van der Waals surface area contributed by atoms with Gasteiger partial charge < -0.3 is 9.64 Å². The molecule has 0 unspecified atom stereocenters. The molecule has 0 radical (unpaired) electrons. The Kier molecular flexibility index (Phi) is 7.23. The Labute approximate surface area is 199 Å². The highest BCUT2D eigenvalue weighted by atomic mass is 16.6. The second-order valence-corrected chi connectivity index (χ2v) is 8.63. The largest absolute Gasteiger partial charge is 0.497 e. The van der Waals surface area contributed by atoms with Crippen molar-refractivity contribution in [1.82, 2.24) is 4.90 Å². The fourth-order valence-electron chi connectivity index (χ4n) is 4.47. The molecule has 0 N–H and O–H groups in total. The maximum atomic E-state index is 13.6. The average molecular weight is 460 g/mol. The van der Waals surface area contributed by atoms with Crippen LogP contribution in [0.3, 0.4) is 0 Å². The van der Waals surface area contributed by atoms with Gasteiger partial charge in [-0.25, -0.2) is 0 Å². The average Bonchev–Trinajstić information content (AvgIpc) is 2.86. The number of para-hydroxylation sites is 1. The van der Waals surface area contributed by atoms with Crippen molar-refractivity contribution in [2.75, 3.05) is 25.1 Å². The number of likely N-dealkylation sites (tertiary alicyclic amines) is 1. The van der Waals surface area contributed by atoms with Crippen molar-refractivity contribution in [2.45, 2.75) is 32.4 Å². The van der Waals surface area contributed by atoms with Gasteiger partial charge in [-0.2, -0.15) is 0 Å². The van der Waals surface area contributed by atoms with Crippen LogP contribution in [0.1, 0.15) is 34.3 Å². The summed E-state index contributed by atoms with van der Waals surface area (Å²) in [7, 11) is 1.60. The summed E-state index contributed by atoms with van der Waals surface area (Å²) in [5.41, 5.74) is 3.50. The number of nitro benzene ring substituents is 1. The minimum atomic E-state index is -0.325. The number of nitrogens with zero attached hydrogens (tertiary/aromatic N) is 3. The lowest BCUT2D eigenvalue weighted by Gasteiger charge is -2.38. The Hall–Kier alpha value is -3.71. The predicted molar refractivity (Wildman–Crippen MR) is 132 cm³/mol. The summed E-state index contributed by atoms with van der Waals surface area (Å²) in [6.45, 7) is 4.07. The van der Waals surface area contributed by atoms with Gasteiger partial charge in [-0.1, -0.05) is 35.9 Å². The molecular formula is C27H29N3O4. The van der Waals surface area contributed by atoms with Gasteiger partial charge in [-0.3, -0.25) is 19.8 Å². The van der Waals surface area contributed by atoms with E-state index < -0.39 is 0 Å². The summed E-state index contributed by atoms with van der Waals surface area (Å²) in [6, 6.07) is 22.2. The lowest BCUT2D eigenvalue weighted by Crippen LogP contribution is -2.47. The van der Waals surface area contributed by atoms with Crippen molar-refractivity contribution in [3.63, 3.8) is 0 Å². The van der Waals surface area contributed by atoms with Gasteiger partial charge in [-0.15, -0.1) is 0 Å². The number of methoxy groups -OCH3 is 1. The number of piperidine rings is 1. The number of rotatable bonds is 7. The SMILES string of the molecule is COc1ccc(C(=O)N(c2ccc(C)cc2)C2CCN(Cc3ccccc3[N+](=O)[O-])CC2)cc1. The first-order valence-corrected chi connectivity index (χ1v) is 11.4. The molecule has 0 saturated carbocycles. The van der Waals surface area contributed by atoms with Crippen LogP contribution in [0.25, 0.3) is 0 Å². The van der Waals surface area contributed by atoms with Crippen LogP contribution in [0.4, 0.5) is 11.4 Å². The zero-order valence-electron chi connectivity index (χ0n) is 19.5. The van der Waals surface area contributed by atoms with Gasteiger partial charge >= 0.3 is 0 Å². The zero-order chi connectivity index (χ0) is 24.1. The second kappa shape index (κ2) is 10.5. The van der Waals surface area contributed by atoms with E-state index in [0.29, 0.717) is 17.9 Å². The lowest BCUT2D eigenvalue weighted by atomic mass is 9.99. The molecule has 1 saturated heterocycles. The Balaban J connectivity index is 1.52. The number of ether oxygens (including phenoxy) is 1. The number of aryl methyl sites for hydroxylation is 1. The summed E-state index contributed by atoms with van der Waals surface area (Å²) in [5, 5.41) is 11.4. The zero-order valence-corrected chi connectivity index (χ0v) is 19.5. The fraction of sp³-hybridized carbons (Fsp3) is 0.296. The molecule has 0 spiro atoms. The number of carbonyl (C=O) groups is 1. The van der Waals surface area contributed by atoms with Crippen molar-refractivity contribution in [3.8, 4) is 5.75 Å². The molecule has 0 bridgehead atoms. The van der Waals surface area contributed by atoms with E-state index in [2.05, 4.69) is 4.90 Å². The minimum absolute atomic E-state index is 0.0383. The molecule has 0 aromatic heterocycles. The monoisotopic (exact) mass is 459 g/mol. The van der Waals surface area contributed by atoms with Gasteiger partial charge in [0.2, 0.25) is 0 Å². The van der Waals surface area contributed by atoms with Crippen molar-refractivity contribution < 1.29 is 14.5 Å². The highest BCUT2D eigenvalue weighted by Gasteiger charge is 2.30. The second-order valence-electron chi connectivity index (χ2n) is 8.63. The van der Waals surface area contributed by atoms with Crippen LogP contribution in [-0.4, -0.2) is 42.0 Å². The van der Waals surface area contributed by atoms with Crippen molar-refractivity contribution in [1.29, 1.82) is 0 Å². The Morgan fingerprint density at radius 2 is 1.68 bits per heavy atom. The first-order valence-electron chi connectivity index (χ1n) is 11.4. The number of benzene rings is 3. The van der Waals surface area contributed by atoms with Crippen LogP contribution in [0.5, 0.6) is 5.75 Å². The van der Waals surface area contributed by atoms with Gasteiger partial charge in [0.15, 0.2) is 0 Å². The standard InChI is InChI=1S/C27H29N3O4/c1-20-7-11-23(12-8-20)29(27(31)21-9-13-25(34-2)14-10-21)24-15-17-28(18-16-24)19-22-5-3-4-6-26(22)30(32)33/h3-14,24H,15-19H2,1-2H3. The maximum absolute atomic E-state index is 13.6. The number of anilines is 1. The van der Waals surface area contributed by atoms with Crippen molar-refractivity contribution in [3.05, 3.63) is 99.6 Å². The quantitative estimate of drug-likeness (QED) is 0.358. The first-order chi connectivity index (χ1) is 16.5. The fourth-order valence-corrected chi connectivity index (χ4v) is 4.47. The number of carbonyl (C=O) groups excluding carboxylic acids is 1. The van der Waals surface area contributed by atoms with Crippen LogP contribution in [0, 0.1) is 17.0 Å². The van der Waals surface area contributed by atoms with E-state index in [1.54, 1.807) is 43.5 Å². The van der Waals surface area contributed by atoms with Crippen LogP contribution in [0.15, 0.2) is 72.8 Å². The molecule has 0 atom stereocenters. The van der Waals surface area contributed by atoms with E-state index in [1.807, 2.05) is 48.2 Å². The van der Waals surface area contributed by atoms with E-state index in [-0.39, 0.29) is 22.6 Å².